The molecule has 0 bridgehead atoms. The maximum atomic E-state index is 5.96. The third-order valence-electron chi connectivity index (χ3n) is 11.7. The van der Waals surface area contributed by atoms with Crippen LogP contribution in [0.3, 0.4) is 0 Å². The van der Waals surface area contributed by atoms with Gasteiger partial charge in [-0.15, -0.1) is 6.42 Å². The highest BCUT2D eigenvalue weighted by Crippen LogP contribution is 2.53. The summed E-state index contributed by atoms with van der Waals surface area (Å²) in [6, 6.07) is 71.9. The van der Waals surface area contributed by atoms with E-state index in [-0.39, 0.29) is 5.41 Å². The van der Waals surface area contributed by atoms with Gasteiger partial charge in [-0.05, 0) is 118 Å². The molecule has 288 valence electrons. The van der Waals surface area contributed by atoms with Gasteiger partial charge in [0, 0.05) is 39.8 Å². The van der Waals surface area contributed by atoms with Gasteiger partial charge in [-0.1, -0.05) is 171 Å². The predicted octanol–water partition coefficient (Wildman–Crippen LogP) is 15.7. The van der Waals surface area contributed by atoms with Crippen molar-refractivity contribution >= 4 is 28.4 Å². The number of hydrogen-bond acceptors (Lipinski definition) is 2. The fourth-order valence-corrected chi connectivity index (χ4v) is 8.71. The molecular weight excluding hydrogens is 725 g/mol. The van der Waals surface area contributed by atoms with Crippen LogP contribution in [-0.4, -0.2) is 0 Å². The van der Waals surface area contributed by atoms with Crippen LogP contribution in [0.1, 0.15) is 31.9 Å². The number of fused-ring (bicyclic) bond motifs is 3. The zero-order valence-corrected chi connectivity index (χ0v) is 34.3. The quantitative estimate of drug-likeness (QED) is 0.101. The molecule has 0 spiro atoms. The molecule has 0 amide bonds. The van der Waals surface area contributed by atoms with E-state index in [0.717, 1.165) is 45.3 Å². The van der Waals surface area contributed by atoms with Crippen LogP contribution in [0.25, 0.3) is 44.5 Å². The van der Waals surface area contributed by atoms with Gasteiger partial charge in [0.2, 0.25) is 0 Å². The molecule has 0 unspecified atom stereocenters. The lowest BCUT2D eigenvalue weighted by Gasteiger charge is -2.29. The second-order valence-electron chi connectivity index (χ2n) is 15.7. The maximum absolute atomic E-state index is 5.96. The molecule has 0 saturated heterocycles. The number of terminal acetylenes is 1. The summed E-state index contributed by atoms with van der Waals surface area (Å²) in [7, 11) is 0. The summed E-state index contributed by atoms with van der Waals surface area (Å²) in [5.74, 6) is 2.81. The summed E-state index contributed by atoms with van der Waals surface area (Å²) in [6.45, 7) is 6.67. The second-order valence-corrected chi connectivity index (χ2v) is 15.7. The Kier molecular flexibility index (Phi) is 10.3. The van der Waals surface area contributed by atoms with Gasteiger partial charge < -0.3 is 9.80 Å². The van der Waals surface area contributed by atoms with Crippen molar-refractivity contribution in [2.24, 2.45) is 0 Å². The van der Waals surface area contributed by atoms with Gasteiger partial charge in [0.25, 0.3) is 0 Å². The standard InChI is InChI=1S/C58H46N2/c1-5-16-48(17-6-2)60(56-25-15-24-55-57(56)53-22-13-14-23-54(53)58(55,3)4)52-40-32-47(33-41-52)46-30-38-51(39-31-46)59(49-34-26-44(27-35-49)42-18-9-7-10-19-42)50-36-28-45(29-37-50)43-20-11-8-12-21-43/h1,6-41H,2-4H3/b17-6-,48-16+. The van der Waals surface area contributed by atoms with Crippen molar-refractivity contribution in [1.29, 1.82) is 0 Å². The van der Waals surface area contributed by atoms with Crippen LogP contribution < -0.4 is 9.80 Å². The van der Waals surface area contributed by atoms with Gasteiger partial charge >= 0.3 is 0 Å². The van der Waals surface area contributed by atoms with Crippen LogP contribution in [0.15, 0.2) is 224 Å². The molecule has 9 rings (SSSR count). The molecule has 0 aliphatic heterocycles. The van der Waals surface area contributed by atoms with E-state index < -0.39 is 0 Å². The van der Waals surface area contributed by atoms with E-state index in [2.05, 4.69) is 236 Å². The fraction of sp³-hybridized carbons (Fsp3) is 0.0690. The minimum absolute atomic E-state index is 0.118. The molecule has 1 aliphatic carbocycles. The Morgan fingerprint density at radius 3 is 1.35 bits per heavy atom. The molecule has 8 aromatic rings. The lowest BCUT2D eigenvalue weighted by molar-refractivity contribution is 0.660. The summed E-state index contributed by atoms with van der Waals surface area (Å²) in [6.07, 6.45) is 12.0. The zero-order valence-electron chi connectivity index (χ0n) is 34.3. The van der Waals surface area contributed by atoms with E-state index in [1.807, 2.05) is 19.1 Å². The van der Waals surface area contributed by atoms with Crippen molar-refractivity contribution in [2.45, 2.75) is 26.2 Å². The molecule has 60 heavy (non-hydrogen) atoms. The van der Waals surface area contributed by atoms with Gasteiger partial charge in [-0.25, -0.2) is 0 Å². The first kappa shape index (κ1) is 37.9. The number of benzene rings is 8. The number of rotatable bonds is 10. The first-order chi connectivity index (χ1) is 29.4. The summed E-state index contributed by atoms with van der Waals surface area (Å²) < 4.78 is 0. The first-order valence-electron chi connectivity index (χ1n) is 20.6. The molecular formula is C58H46N2. The van der Waals surface area contributed by atoms with E-state index in [4.69, 9.17) is 6.42 Å². The minimum atomic E-state index is -0.118. The predicted molar refractivity (Wildman–Crippen MR) is 255 cm³/mol. The van der Waals surface area contributed by atoms with Crippen molar-refractivity contribution in [2.75, 3.05) is 9.80 Å². The van der Waals surface area contributed by atoms with Gasteiger partial charge in [0.15, 0.2) is 0 Å². The van der Waals surface area contributed by atoms with Crippen LogP contribution in [0.4, 0.5) is 28.4 Å². The smallest absolute Gasteiger partial charge is 0.0543 e. The van der Waals surface area contributed by atoms with Crippen molar-refractivity contribution in [1.82, 2.24) is 0 Å². The number of anilines is 5. The Labute approximate surface area is 355 Å². The van der Waals surface area contributed by atoms with E-state index >= 15 is 0 Å². The highest BCUT2D eigenvalue weighted by atomic mass is 15.2. The molecule has 1 aliphatic rings. The molecule has 0 aromatic heterocycles. The average molecular weight is 771 g/mol. The van der Waals surface area contributed by atoms with Crippen molar-refractivity contribution in [3.05, 3.63) is 235 Å². The zero-order chi connectivity index (χ0) is 41.1. The van der Waals surface area contributed by atoms with Gasteiger partial charge in [-0.2, -0.15) is 0 Å². The largest absolute Gasteiger partial charge is 0.311 e. The molecule has 8 aromatic carbocycles. The molecule has 0 radical (unpaired) electrons. The van der Waals surface area contributed by atoms with E-state index in [9.17, 15) is 0 Å². The van der Waals surface area contributed by atoms with Crippen LogP contribution in [0, 0.1) is 12.3 Å². The highest BCUT2D eigenvalue weighted by Gasteiger charge is 2.37. The van der Waals surface area contributed by atoms with Crippen LogP contribution in [0.5, 0.6) is 0 Å². The van der Waals surface area contributed by atoms with Gasteiger partial charge in [-0.3, -0.25) is 0 Å². The summed E-state index contributed by atoms with van der Waals surface area (Å²) in [5.41, 5.74) is 18.5. The second kappa shape index (κ2) is 16.3. The van der Waals surface area contributed by atoms with Crippen molar-refractivity contribution in [3.8, 4) is 56.9 Å². The van der Waals surface area contributed by atoms with Crippen LogP contribution in [-0.2, 0) is 5.41 Å². The summed E-state index contributed by atoms with van der Waals surface area (Å²) in [4.78, 5) is 4.63. The first-order valence-corrected chi connectivity index (χ1v) is 20.6. The highest BCUT2D eigenvalue weighted by molar-refractivity contribution is 5.93. The molecule has 0 atom stereocenters. The van der Waals surface area contributed by atoms with Gasteiger partial charge in [0.05, 0.1) is 11.4 Å². The SMILES string of the molecule is C#C/C=C(\C=C/C)N(c1ccc(-c2ccc(N(c3ccc(-c4ccccc4)cc3)c3ccc(-c4ccccc4)cc3)cc2)cc1)c1cccc2c1-c1ccccc1C2(C)C. The lowest BCUT2D eigenvalue weighted by atomic mass is 9.82. The number of nitrogens with zero attached hydrogens (tertiary/aromatic N) is 2. The normalized spacial score (nSPS) is 12.7. The molecule has 2 heteroatoms. The maximum Gasteiger partial charge on any atom is 0.0543 e. The average Bonchev–Trinajstić information content (AvgIpc) is 3.54. The lowest BCUT2D eigenvalue weighted by Crippen LogP contribution is -2.18. The van der Waals surface area contributed by atoms with Crippen molar-refractivity contribution < 1.29 is 0 Å². The Hall–Kier alpha value is -7.60. The third kappa shape index (κ3) is 7.12. The molecule has 0 N–H and O–H groups in total. The monoisotopic (exact) mass is 770 g/mol. The van der Waals surface area contributed by atoms with Crippen molar-refractivity contribution in [3.63, 3.8) is 0 Å². The van der Waals surface area contributed by atoms with Gasteiger partial charge in [0.1, 0.15) is 0 Å². The molecule has 0 saturated carbocycles. The van der Waals surface area contributed by atoms with E-state index in [1.165, 1.54) is 44.5 Å². The fourth-order valence-electron chi connectivity index (χ4n) is 8.71. The summed E-state index contributed by atoms with van der Waals surface area (Å²) >= 11 is 0. The van der Waals surface area contributed by atoms with E-state index in [0.29, 0.717) is 0 Å². The number of hydrogen-bond donors (Lipinski definition) is 0. The Bertz CT molecular complexity index is 2780. The number of allylic oxidation sites excluding steroid dienone is 3. The minimum Gasteiger partial charge on any atom is -0.311 e. The molecule has 0 fully saturated rings. The Morgan fingerprint density at radius 2 is 0.883 bits per heavy atom. The summed E-state index contributed by atoms with van der Waals surface area (Å²) in [5, 5.41) is 0. The van der Waals surface area contributed by atoms with Crippen LogP contribution >= 0.6 is 0 Å². The molecule has 0 heterocycles. The molecule has 2 nitrogen and oxygen atoms in total. The Balaban J connectivity index is 1.07. The van der Waals surface area contributed by atoms with Crippen LogP contribution in [0.2, 0.25) is 0 Å². The topological polar surface area (TPSA) is 6.48 Å². The van der Waals surface area contributed by atoms with E-state index in [1.54, 1.807) is 0 Å². The Morgan fingerprint density at radius 1 is 0.467 bits per heavy atom. The third-order valence-corrected chi connectivity index (χ3v) is 11.7.